The Hall–Kier alpha value is -0.790. The van der Waals surface area contributed by atoms with Gasteiger partial charge in [-0.1, -0.05) is 0 Å². The first-order valence-corrected chi connectivity index (χ1v) is 8.80. The molecule has 0 saturated carbocycles. The van der Waals surface area contributed by atoms with Crippen molar-refractivity contribution in [2.45, 2.75) is 5.88 Å². The number of hydrogen-bond acceptors (Lipinski definition) is 5. The smallest absolute Gasteiger partial charge is 0.195 e. The lowest BCUT2D eigenvalue weighted by Gasteiger charge is -2.27. The van der Waals surface area contributed by atoms with Gasteiger partial charge in [-0.05, 0) is 0 Å². The lowest BCUT2D eigenvalue weighted by atomic mass is 10.4. The van der Waals surface area contributed by atoms with Gasteiger partial charge in [-0.2, -0.15) is 0 Å². The van der Waals surface area contributed by atoms with Crippen molar-refractivity contribution in [2.75, 3.05) is 29.5 Å². The molecular formula is C10H12ClN3O2S2. The van der Waals surface area contributed by atoms with Gasteiger partial charge in [0.25, 0.3) is 0 Å². The van der Waals surface area contributed by atoms with E-state index in [0.717, 1.165) is 16.5 Å². The van der Waals surface area contributed by atoms with Crippen molar-refractivity contribution in [3.05, 3.63) is 17.3 Å². The van der Waals surface area contributed by atoms with E-state index in [2.05, 4.69) is 4.98 Å². The number of alkyl halides is 1. The summed E-state index contributed by atoms with van der Waals surface area (Å²) in [6, 6.07) is 0. The van der Waals surface area contributed by atoms with Crippen molar-refractivity contribution in [3.63, 3.8) is 0 Å². The van der Waals surface area contributed by atoms with Gasteiger partial charge in [-0.3, -0.25) is 4.40 Å². The maximum absolute atomic E-state index is 11.4. The van der Waals surface area contributed by atoms with E-state index in [0.29, 0.717) is 19.0 Å². The summed E-state index contributed by atoms with van der Waals surface area (Å²) in [4.78, 5) is 7.45. The van der Waals surface area contributed by atoms with E-state index in [-0.39, 0.29) is 11.5 Å². The molecule has 2 aromatic rings. The second kappa shape index (κ2) is 4.40. The third-order valence-electron chi connectivity index (χ3n) is 3.11. The molecule has 0 aliphatic carbocycles. The second-order valence-electron chi connectivity index (χ2n) is 4.21. The van der Waals surface area contributed by atoms with Gasteiger partial charge < -0.3 is 4.90 Å². The van der Waals surface area contributed by atoms with Crippen LogP contribution in [0.15, 0.2) is 11.6 Å². The highest BCUT2D eigenvalue weighted by molar-refractivity contribution is 7.91. The number of halogens is 1. The lowest BCUT2D eigenvalue weighted by Crippen LogP contribution is -2.40. The van der Waals surface area contributed by atoms with Crippen LogP contribution in [0.1, 0.15) is 5.69 Å². The SMILES string of the molecule is O=S1(=O)CCN(c2nc3sccn3c2CCl)CC1. The molecule has 98 valence electrons. The van der Waals surface area contributed by atoms with E-state index >= 15 is 0 Å². The Morgan fingerprint density at radius 2 is 2.11 bits per heavy atom. The highest BCUT2D eigenvalue weighted by Crippen LogP contribution is 2.27. The van der Waals surface area contributed by atoms with Crippen LogP contribution >= 0.6 is 22.9 Å². The fourth-order valence-corrected chi connectivity index (χ4v) is 4.30. The number of anilines is 1. The normalized spacial score (nSPS) is 19.5. The van der Waals surface area contributed by atoms with Crippen LogP contribution in [-0.2, 0) is 15.7 Å². The molecule has 0 bridgehead atoms. The molecule has 0 unspecified atom stereocenters. The van der Waals surface area contributed by atoms with E-state index in [1.54, 1.807) is 11.3 Å². The summed E-state index contributed by atoms with van der Waals surface area (Å²) < 4.78 is 24.8. The molecular weight excluding hydrogens is 294 g/mol. The van der Waals surface area contributed by atoms with Crippen molar-refractivity contribution >= 4 is 43.6 Å². The summed E-state index contributed by atoms with van der Waals surface area (Å²) in [7, 11) is -2.87. The monoisotopic (exact) mass is 305 g/mol. The highest BCUT2D eigenvalue weighted by Gasteiger charge is 2.25. The zero-order chi connectivity index (χ0) is 12.8. The number of aromatic nitrogens is 2. The van der Waals surface area contributed by atoms with Gasteiger partial charge in [0, 0.05) is 24.7 Å². The second-order valence-corrected chi connectivity index (χ2v) is 7.65. The van der Waals surface area contributed by atoms with E-state index in [1.165, 1.54) is 0 Å². The average Bonchev–Trinajstić information content (AvgIpc) is 2.88. The summed E-state index contributed by atoms with van der Waals surface area (Å²) in [6.07, 6.45) is 1.94. The summed E-state index contributed by atoms with van der Waals surface area (Å²) in [5.41, 5.74) is 0.937. The summed E-state index contributed by atoms with van der Waals surface area (Å²) >= 11 is 7.53. The Kier molecular flexibility index (Phi) is 2.99. The third-order valence-corrected chi connectivity index (χ3v) is 5.73. The van der Waals surface area contributed by atoms with Crippen molar-refractivity contribution in [3.8, 4) is 0 Å². The van der Waals surface area contributed by atoms with Gasteiger partial charge in [-0.25, -0.2) is 13.4 Å². The Morgan fingerprint density at radius 1 is 1.39 bits per heavy atom. The van der Waals surface area contributed by atoms with Crippen molar-refractivity contribution in [2.24, 2.45) is 0 Å². The molecule has 1 fully saturated rings. The van der Waals surface area contributed by atoms with Crippen LogP contribution in [0.3, 0.4) is 0 Å². The predicted molar refractivity (Wildman–Crippen MR) is 73.5 cm³/mol. The van der Waals surface area contributed by atoms with Crippen LogP contribution in [0.5, 0.6) is 0 Å². The first-order chi connectivity index (χ1) is 8.61. The molecule has 1 saturated heterocycles. The Bertz CT molecular complexity index is 662. The molecule has 3 heterocycles. The standard InChI is InChI=1S/C10H12ClN3O2S2/c11-7-8-9(12-10-14(8)1-4-17-10)13-2-5-18(15,16)6-3-13/h1,4H,2-3,5-7H2. The van der Waals surface area contributed by atoms with Gasteiger partial charge in [0.1, 0.15) is 0 Å². The number of nitrogens with zero attached hydrogens (tertiary/aromatic N) is 3. The van der Waals surface area contributed by atoms with Crippen LogP contribution in [0.4, 0.5) is 5.82 Å². The average molecular weight is 306 g/mol. The number of rotatable bonds is 2. The van der Waals surface area contributed by atoms with Crippen molar-refractivity contribution in [1.29, 1.82) is 0 Å². The maximum atomic E-state index is 11.4. The lowest BCUT2D eigenvalue weighted by molar-refractivity contribution is 0.586. The van der Waals surface area contributed by atoms with E-state index in [9.17, 15) is 8.42 Å². The number of fused-ring (bicyclic) bond motifs is 1. The van der Waals surface area contributed by atoms with Crippen LogP contribution < -0.4 is 4.90 Å². The zero-order valence-corrected chi connectivity index (χ0v) is 11.9. The number of sulfone groups is 1. The maximum Gasteiger partial charge on any atom is 0.195 e. The Balaban J connectivity index is 1.97. The molecule has 0 spiro atoms. The van der Waals surface area contributed by atoms with Crippen molar-refractivity contribution < 1.29 is 8.42 Å². The first-order valence-electron chi connectivity index (χ1n) is 5.56. The molecule has 0 aromatic carbocycles. The summed E-state index contributed by atoms with van der Waals surface area (Å²) in [5, 5.41) is 1.96. The minimum atomic E-state index is -2.87. The molecule has 8 heteroatoms. The molecule has 0 atom stereocenters. The molecule has 3 rings (SSSR count). The molecule has 0 radical (unpaired) electrons. The minimum absolute atomic E-state index is 0.194. The van der Waals surface area contributed by atoms with E-state index < -0.39 is 9.84 Å². The molecule has 0 amide bonds. The first kappa shape index (κ1) is 12.3. The zero-order valence-electron chi connectivity index (χ0n) is 9.54. The predicted octanol–water partition coefficient (Wildman–Crippen LogP) is 1.37. The largest absolute Gasteiger partial charge is 0.353 e. The van der Waals surface area contributed by atoms with Crippen LogP contribution in [0.2, 0.25) is 0 Å². The molecule has 18 heavy (non-hydrogen) atoms. The molecule has 1 aliphatic heterocycles. The van der Waals surface area contributed by atoms with Gasteiger partial charge in [0.2, 0.25) is 0 Å². The molecule has 5 nitrogen and oxygen atoms in total. The summed E-state index contributed by atoms with van der Waals surface area (Å²) in [6.45, 7) is 0.994. The third kappa shape index (κ3) is 2.00. The Morgan fingerprint density at radius 3 is 2.78 bits per heavy atom. The molecule has 0 N–H and O–H groups in total. The number of hydrogen-bond donors (Lipinski definition) is 0. The fraction of sp³-hybridized carbons (Fsp3) is 0.500. The van der Waals surface area contributed by atoms with Crippen LogP contribution in [0, 0.1) is 0 Å². The number of imidazole rings is 1. The minimum Gasteiger partial charge on any atom is -0.353 e. The van der Waals surface area contributed by atoms with Gasteiger partial charge in [-0.15, -0.1) is 22.9 Å². The van der Waals surface area contributed by atoms with Gasteiger partial charge in [0.15, 0.2) is 20.6 Å². The quantitative estimate of drug-likeness (QED) is 0.786. The van der Waals surface area contributed by atoms with Crippen LogP contribution in [0.25, 0.3) is 4.96 Å². The van der Waals surface area contributed by atoms with E-state index in [1.807, 2.05) is 20.9 Å². The summed E-state index contributed by atoms with van der Waals surface area (Å²) in [5.74, 6) is 1.59. The van der Waals surface area contributed by atoms with Crippen LogP contribution in [-0.4, -0.2) is 42.4 Å². The fourth-order valence-electron chi connectivity index (χ4n) is 2.12. The highest BCUT2D eigenvalue weighted by atomic mass is 35.5. The molecule has 2 aromatic heterocycles. The van der Waals surface area contributed by atoms with Gasteiger partial charge in [0.05, 0.1) is 23.1 Å². The van der Waals surface area contributed by atoms with Gasteiger partial charge >= 0.3 is 0 Å². The van der Waals surface area contributed by atoms with E-state index in [4.69, 9.17) is 11.6 Å². The topological polar surface area (TPSA) is 54.7 Å². The molecule has 1 aliphatic rings. The van der Waals surface area contributed by atoms with Crippen molar-refractivity contribution in [1.82, 2.24) is 9.38 Å². The Labute approximate surface area is 114 Å². The number of thiazole rings is 1.